The highest BCUT2D eigenvalue weighted by atomic mass is 19.4. The lowest BCUT2D eigenvalue weighted by Crippen LogP contribution is -2.19. The molecule has 0 heterocycles. The van der Waals surface area contributed by atoms with Gasteiger partial charge in [0.15, 0.2) is 0 Å². The third-order valence-corrected chi connectivity index (χ3v) is 2.56. The minimum atomic E-state index is -4.37. The Morgan fingerprint density at radius 2 is 1.95 bits per heavy atom. The Kier molecular flexibility index (Phi) is 6.42. The lowest BCUT2D eigenvalue weighted by molar-refractivity contribution is -0.177. The van der Waals surface area contributed by atoms with Crippen LogP contribution in [0.5, 0.6) is 0 Å². The van der Waals surface area contributed by atoms with Crippen molar-refractivity contribution in [2.45, 2.75) is 20.0 Å². The first kappa shape index (κ1) is 17.2. The predicted molar refractivity (Wildman–Crippen MR) is 72.8 cm³/mol. The van der Waals surface area contributed by atoms with Crippen LogP contribution < -0.4 is 0 Å². The van der Waals surface area contributed by atoms with Crippen molar-refractivity contribution in [3.05, 3.63) is 41.0 Å². The van der Waals surface area contributed by atoms with Gasteiger partial charge < -0.3 is 9.47 Å². The number of benzene rings is 1. The molecule has 0 radical (unpaired) electrons. The minimum Gasteiger partial charge on any atom is -0.460 e. The van der Waals surface area contributed by atoms with Gasteiger partial charge in [-0.15, -0.1) is 0 Å². The van der Waals surface area contributed by atoms with E-state index in [0.717, 1.165) is 16.7 Å². The Morgan fingerprint density at radius 1 is 1.24 bits per heavy atom. The summed E-state index contributed by atoms with van der Waals surface area (Å²) in [6, 6.07) is 5.78. The number of esters is 1. The van der Waals surface area contributed by atoms with Gasteiger partial charge in [-0.3, -0.25) is 0 Å². The molecule has 0 saturated heterocycles. The molecule has 116 valence electrons. The number of alkyl halides is 3. The third kappa shape index (κ3) is 7.51. The summed E-state index contributed by atoms with van der Waals surface area (Å²) in [4.78, 5) is 11.4. The molecule has 0 aliphatic heterocycles. The maximum Gasteiger partial charge on any atom is 0.411 e. The summed E-state index contributed by atoms with van der Waals surface area (Å²) in [6.07, 6.45) is -1.53. The van der Waals surface area contributed by atoms with E-state index < -0.39 is 18.8 Å². The summed E-state index contributed by atoms with van der Waals surface area (Å²) in [5.41, 5.74) is 3.02. The SMILES string of the molecule is Cc1ccc(/C=C/C(=O)OCCOCC(F)(F)F)c(C)c1. The number of halogens is 3. The molecular formula is C15H17F3O3. The highest BCUT2D eigenvalue weighted by Crippen LogP contribution is 2.14. The zero-order valence-corrected chi connectivity index (χ0v) is 11.9. The molecule has 0 N–H and O–H groups in total. The van der Waals surface area contributed by atoms with E-state index in [4.69, 9.17) is 4.74 Å². The molecule has 0 aromatic heterocycles. The monoisotopic (exact) mass is 302 g/mol. The molecule has 0 aliphatic carbocycles. The number of hydrogen-bond acceptors (Lipinski definition) is 3. The van der Waals surface area contributed by atoms with Gasteiger partial charge in [-0.05, 0) is 31.1 Å². The van der Waals surface area contributed by atoms with E-state index in [9.17, 15) is 18.0 Å². The molecule has 0 atom stereocenters. The quantitative estimate of drug-likeness (QED) is 0.459. The first-order valence-corrected chi connectivity index (χ1v) is 6.34. The summed E-state index contributed by atoms with van der Waals surface area (Å²) in [5, 5.41) is 0. The van der Waals surface area contributed by atoms with Crippen LogP contribution >= 0.6 is 0 Å². The van der Waals surface area contributed by atoms with Crippen LogP contribution in [0.1, 0.15) is 16.7 Å². The van der Waals surface area contributed by atoms with Gasteiger partial charge in [0.05, 0.1) is 6.61 Å². The summed E-state index contributed by atoms with van der Waals surface area (Å²) in [5.74, 6) is -0.620. The van der Waals surface area contributed by atoms with Crippen molar-refractivity contribution in [3.63, 3.8) is 0 Å². The van der Waals surface area contributed by atoms with Gasteiger partial charge in [-0.1, -0.05) is 23.8 Å². The van der Waals surface area contributed by atoms with Gasteiger partial charge in [-0.25, -0.2) is 4.79 Å². The highest BCUT2D eigenvalue weighted by molar-refractivity contribution is 5.87. The maximum atomic E-state index is 11.8. The van der Waals surface area contributed by atoms with Gasteiger partial charge in [-0.2, -0.15) is 13.2 Å². The Bertz CT molecular complexity index is 507. The molecule has 21 heavy (non-hydrogen) atoms. The Morgan fingerprint density at radius 3 is 2.57 bits per heavy atom. The zero-order chi connectivity index (χ0) is 15.9. The van der Waals surface area contributed by atoms with Crippen LogP contribution in [0.4, 0.5) is 13.2 Å². The van der Waals surface area contributed by atoms with Crippen LogP contribution in [0.25, 0.3) is 6.08 Å². The number of aryl methyl sites for hydroxylation is 2. The van der Waals surface area contributed by atoms with Crippen molar-refractivity contribution in [1.82, 2.24) is 0 Å². The smallest absolute Gasteiger partial charge is 0.411 e. The summed E-state index contributed by atoms with van der Waals surface area (Å²) in [6.45, 7) is 2.04. The second-order valence-electron chi connectivity index (χ2n) is 4.53. The van der Waals surface area contributed by atoms with Crippen LogP contribution in [-0.2, 0) is 14.3 Å². The number of rotatable bonds is 6. The molecule has 0 fully saturated rings. The first-order valence-electron chi connectivity index (χ1n) is 6.34. The molecule has 0 bridgehead atoms. The van der Waals surface area contributed by atoms with Crippen molar-refractivity contribution in [2.24, 2.45) is 0 Å². The van der Waals surface area contributed by atoms with Crippen molar-refractivity contribution in [2.75, 3.05) is 19.8 Å². The van der Waals surface area contributed by atoms with Gasteiger partial charge in [0.25, 0.3) is 0 Å². The number of hydrogen-bond donors (Lipinski definition) is 0. The van der Waals surface area contributed by atoms with Crippen LogP contribution in [0.15, 0.2) is 24.3 Å². The molecule has 0 amide bonds. The highest BCUT2D eigenvalue weighted by Gasteiger charge is 2.27. The van der Waals surface area contributed by atoms with E-state index in [1.165, 1.54) is 6.08 Å². The number of carbonyl (C=O) groups excluding carboxylic acids is 1. The Hall–Kier alpha value is -1.82. The standard InChI is InChI=1S/C15H17F3O3/c1-11-3-4-13(12(2)9-11)5-6-14(19)21-8-7-20-10-15(16,17)18/h3-6,9H,7-8,10H2,1-2H3/b6-5+. The average molecular weight is 302 g/mol. The van der Waals surface area contributed by atoms with Gasteiger partial charge in [0.2, 0.25) is 0 Å². The fourth-order valence-electron chi connectivity index (χ4n) is 1.61. The van der Waals surface area contributed by atoms with E-state index in [2.05, 4.69) is 4.74 Å². The lowest BCUT2D eigenvalue weighted by atomic mass is 10.1. The van der Waals surface area contributed by atoms with Crippen LogP contribution in [0, 0.1) is 13.8 Å². The fraction of sp³-hybridized carbons (Fsp3) is 0.400. The summed E-state index contributed by atoms with van der Waals surface area (Å²) in [7, 11) is 0. The number of ether oxygens (including phenoxy) is 2. The maximum absolute atomic E-state index is 11.8. The van der Waals surface area contributed by atoms with E-state index in [-0.39, 0.29) is 13.2 Å². The van der Waals surface area contributed by atoms with E-state index in [1.807, 2.05) is 32.0 Å². The second kappa shape index (κ2) is 7.83. The van der Waals surface area contributed by atoms with Crippen molar-refractivity contribution < 1.29 is 27.4 Å². The van der Waals surface area contributed by atoms with E-state index >= 15 is 0 Å². The molecule has 0 saturated carbocycles. The van der Waals surface area contributed by atoms with Crippen LogP contribution in [-0.4, -0.2) is 32.0 Å². The van der Waals surface area contributed by atoms with Gasteiger partial charge >= 0.3 is 12.1 Å². The molecule has 0 unspecified atom stereocenters. The predicted octanol–water partition coefficient (Wildman–Crippen LogP) is 3.44. The molecule has 0 aliphatic rings. The fourth-order valence-corrected chi connectivity index (χ4v) is 1.61. The summed E-state index contributed by atoms with van der Waals surface area (Å²) < 4.78 is 44.4. The minimum absolute atomic E-state index is 0.216. The van der Waals surface area contributed by atoms with E-state index in [1.54, 1.807) is 6.08 Å². The van der Waals surface area contributed by atoms with E-state index in [0.29, 0.717) is 0 Å². The van der Waals surface area contributed by atoms with Crippen LogP contribution in [0.2, 0.25) is 0 Å². The van der Waals surface area contributed by atoms with Crippen LogP contribution in [0.3, 0.4) is 0 Å². The van der Waals surface area contributed by atoms with Gasteiger partial charge in [0, 0.05) is 6.08 Å². The lowest BCUT2D eigenvalue weighted by Gasteiger charge is -2.07. The molecule has 1 rings (SSSR count). The summed E-state index contributed by atoms with van der Waals surface area (Å²) >= 11 is 0. The molecular weight excluding hydrogens is 285 g/mol. The largest absolute Gasteiger partial charge is 0.460 e. The second-order valence-corrected chi connectivity index (χ2v) is 4.53. The molecule has 6 heteroatoms. The van der Waals surface area contributed by atoms with Crippen molar-refractivity contribution in [1.29, 1.82) is 0 Å². The zero-order valence-electron chi connectivity index (χ0n) is 11.9. The molecule has 1 aromatic rings. The van der Waals surface area contributed by atoms with Crippen molar-refractivity contribution in [3.8, 4) is 0 Å². The number of carbonyl (C=O) groups is 1. The molecule has 0 spiro atoms. The molecule has 3 nitrogen and oxygen atoms in total. The topological polar surface area (TPSA) is 35.5 Å². The Balaban J connectivity index is 2.32. The van der Waals surface area contributed by atoms with Gasteiger partial charge in [0.1, 0.15) is 13.2 Å². The van der Waals surface area contributed by atoms with Crippen molar-refractivity contribution >= 4 is 12.0 Å². The normalized spacial score (nSPS) is 11.9. The third-order valence-electron chi connectivity index (χ3n) is 2.56. The molecule has 1 aromatic carbocycles. The Labute approximate surface area is 121 Å². The first-order chi connectivity index (χ1) is 9.78. The average Bonchev–Trinajstić information content (AvgIpc) is 2.36.